The highest BCUT2D eigenvalue weighted by atomic mass is 19.4. The van der Waals surface area contributed by atoms with Gasteiger partial charge in [0.2, 0.25) is 0 Å². The lowest BCUT2D eigenvalue weighted by atomic mass is 9.92. The van der Waals surface area contributed by atoms with E-state index in [-0.39, 0.29) is 22.3 Å². The summed E-state index contributed by atoms with van der Waals surface area (Å²) < 4.78 is 55.3. The Morgan fingerprint density at radius 1 is 0.347 bits per heavy atom. The molecular weight excluding hydrogens is 898 g/mol. The van der Waals surface area contributed by atoms with Crippen LogP contribution < -0.4 is 0 Å². The predicted octanol–water partition coefficient (Wildman–Crippen LogP) is 16.5. The van der Waals surface area contributed by atoms with Crippen LogP contribution in [0.5, 0.6) is 0 Å². The van der Waals surface area contributed by atoms with Crippen molar-refractivity contribution in [1.29, 1.82) is 10.5 Å². The fourth-order valence-corrected chi connectivity index (χ4v) is 11.6. The molecule has 4 heterocycles. The Kier molecular flexibility index (Phi) is 8.77. The van der Waals surface area contributed by atoms with Gasteiger partial charge in [0.25, 0.3) is 0 Å². The van der Waals surface area contributed by atoms with Gasteiger partial charge in [-0.2, -0.15) is 23.7 Å². The van der Waals surface area contributed by atoms with Crippen LogP contribution in [0.4, 0.5) is 13.2 Å². The smallest absolute Gasteiger partial charge is 0.307 e. The van der Waals surface area contributed by atoms with Crippen LogP contribution in [0.1, 0.15) is 16.7 Å². The normalized spacial score (nSPS) is 12.1. The van der Waals surface area contributed by atoms with Crippen molar-refractivity contribution in [3.8, 4) is 46.0 Å². The second kappa shape index (κ2) is 15.3. The quantitative estimate of drug-likeness (QED) is 0.173. The first-order valence-corrected chi connectivity index (χ1v) is 23.5. The van der Waals surface area contributed by atoms with E-state index in [9.17, 15) is 10.5 Å². The first kappa shape index (κ1) is 41.2. The molecule has 0 aliphatic carbocycles. The summed E-state index contributed by atoms with van der Waals surface area (Å²) in [6.45, 7) is 0. The largest absolute Gasteiger partial charge is 0.417 e. The summed E-state index contributed by atoms with van der Waals surface area (Å²) in [4.78, 5) is 0. The molecule has 72 heavy (non-hydrogen) atoms. The molecule has 0 amide bonds. The minimum atomic E-state index is -4.83. The minimum Gasteiger partial charge on any atom is -0.307 e. The van der Waals surface area contributed by atoms with Crippen molar-refractivity contribution in [2.24, 2.45) is 0 Å². The van der Waals surface area contributed by atoms with E-state index in [2.05, 4.69) is 103 Å². The molecule has 14 aromatic rings. The van der Waals surface area contributed by atoms with Gasteiger partial charge in [0.05, 0.1) is 72.7 Å². The van der Waals surface area contributed by atoms with Crippen LogP contribution in [0.15, 0.2) is 212 Å². The van der Waals surface area contributed by atoms with Crippen LogP contribution in [0, 0.1) is 22.7 Å². The molecule has 0 N–H and O–H groups in total. The van der Waals surface area contributed by atoms with Gasteiger partial charge in [0, 0.05) is 60.0 Å². The van der Waals surface area contributed by atoms with Gasteiger partial charge in [-0.1, -0.05) is 140 Å². The molecule has 0 aliphatic heterocycles. The maximum atomic E-state index is 15.6. The summed E-state index contributed by atoms with van der Waals surface area (Å²) in [6, 6.07) is 72.9. The van der Waals surface area contributed by atoms with Gasteiger partial charge in [0.15, 0.2) is 0 Å². The van der Waals surface area contributed by atoms with Gasteiger partial charge < -0.3 is 18.3 Å². The SMILES string of the molecule is N#Cc1cccc(C(F)(F)F)c1-c1cc(-n2c3ccccc3c3ccc4c5ccccc5n(-c5ccccc5)c4c32)c(C#N)c(-n2c3ccccc3c3ccc4c5ccccc5n(-c5ccccc5)c4c32)c1. The number of nitriles is 2. The lowest BCUT2D eigenvalue weighted by molar-refractivity contribution is -0.137. The molecule has 0 unspecified atom stereocenters. The van der Waals surface area contributed by atoms with E-state index >= 15 is 13.2 Å². The zero-order valence-corrected chi connectivity index (χ0v) is 38.0. The van der Waals surface area contributed by atoms with Crippen LogP contribution in [-0.2, 0) is 6.18 Å². The lowest BCUT2D eigenvalue weighted by Gasteiger charge is -2.21. The number of rotatable bonds is 5. The average Bonchev–Trinajstić information content (AvgIpc) is 4.16. The molecule has 10 aromatic carbocycles. The summed E-state index contributed by atoms with van der Waals surface area (Å²) in [5.41, 5.74) is 8.27. The zero-order chi connectivity index (χ0) is 48.4. The van der Waals surface area contributed by atoms with Crippen molar-refractivity contribution >= 4 is 87.2 Å². The molecule has 4 aromatic heterocycles. The highest BCUT2D eigenvalue weighted by molar-refractivity contribution is 6.25. The summed E-state index contributed by atoms with van der Waals surface area (Å²) in [7, 11) is 0. The Morgan fingerprint density at radius 2 is 0.708 bits per heavy atom. The number of fused-ring (bicyclic) bond motifs is 14. The van der Waals surface area contributed by atoms with Crippen molar-refractivity contribution in [3.63, 3.8) is 0 Å². The fraction of sp³-hybridized carbons (Fsp3) is 0.0159. The molecule has 338 valence electrons. The van der Waals surface area contributed by atoms with Crippen molar-refractivity contribution in [2.45, 2.75) is 6.18 Å². The summed E-state index contributed by atoms with van der Waals surface area (Å²) >= 11 is 0. The van der Waals surface area contributed by atoms with E-state index in [0.29, 0.717) is 11.4 Å². The number of para-hydroxylation sites is 6. The molecule has 0 bridgehead atoms. The molecule has 0 aliphatic rings. The Hall–Kier alpha value is -9.83. The number of hydrogen-bond acceptors (Lipinski definition) is 2. The molecular formula is C63H35F3N6. The number of alkyl halides is 3. The first-order chi connectivity index (χ1) is 35.3. The maximum absolute atomic E-state index is 15.6. The van der Waals surface area contributed by atoms with Gasteiger partial charge in [-0.25, -0.2) is 0 Å². The van der Waals surface area contributed by atoms with Crippen LogP contribution in [0.3, 0.4) is 0 Å². The minimum absolute atomic E-state index is 0.131. The lowest BCUT2D eigenvalue weighted by Crippen LogP contribution is -2.10. The van der Waals surface area contributed by atoms with Crippen molar-refractivity contribution in [3.05, 3.63) is 229 Å². The third-order valence-electron chi connectivity index (χ3n) is 14.4. The van der Waals surface area contributed by atoms with Crippen LogP contribution in [0.2, 0.25) is 0 Å². The van der Waals surface area contributed by atoms with E-state index in [1.165, 1.54) is 12.1 Å². The van der Waals surface area contributed by atoms with Crippen LogP contribution in [-0.4, -0.2) is 18.3 Å². The van der Waals surface area contributed by atoms with E-state index in [1.807, 2.05) is 109 Å². The van der Waals surface area contributed by atoms with Gasteiger partial charge in [-0.05, 0) is 78.4 Å². The molecule has 0 spiro atoms. The number of aromatic nitrogens is 4. The topological polar surface area (TPSA) is 67.3 Å². The Bertz CT molecular complexity index is 4440. The molecule has 0 saturated heterocycles. The maximum Gasteiger partial charge on any atom is 0.417 e. The number of halogens is 3. The van der Waals surface area contributed by atoms with E-state index < -0.39 is 11.7 Å². The van der Waals surface area contributed by atoms with Gasteiger partial charge in [-0.15, -0.1) is 0 Å². The first-order valence-electron chi connectivity index (χ1n) is 23.5. The van der Waals surface area contributed by atoms with E-state index in [4.69, 9.17) is 0 Å². The third kappa shape index (κ3) is 5.70. The molecule has 0 fully saturated rings. The molecule has 14 rings (SSSR count). The predicted molar refractivity (Wildman–Crippen MR) is 284 cm³/mol. The zero-order valence-electron chi connectivity index (χ0n) is 38.0. The molecule has 0 saturated carbocycles. The second-order valence-electron chi connectivity index (χ2n) is 18.1. The van der Waals surface area contributed by atoms with Gasteiger partial charge in [0.1, 0.15) is 11.6 Å². The van der Waals surface area contributed by atoms with Crippen LogP contribution >= 0.6 is 0 Å². The van der Waals surface area contributed by atoms with Crippen molar-refractivity contribution in [2.75, 3.05) is 0 Å². The number of hydrogen-bond donors (Lipinski definition) is 0. The highest BCUT2D eigenvalue weighted by Crippen LogP contribution is 2.48. The Morgan fingerprint density at radius 3 is 1.08 bits per heavy atom. The Labute approximate surface area is 408 Å². The number of benzene rings is 10. The monoisotopic (exact) mass is 932 g/mol. The second-order valence-corrected chi connectivity index (χ2v) is 18.1. The molecule has 9 heteroatoms. The summed E-state index contributed by atoms with van der Waals surface area (Å²) in [6.07, 6.45) is -4.83. The standard InChI is InChI=1S/C63H35F3N6/c64-63(65,66)51-25-15-16-38(36-67)58(51)39-34-56(71-54-28-13-9-23-44(54)48-32-30-46-42-21-7-11-26-52(42)69(59(46)61(48)71)40-17-3-1-4-18-40)50(37-68)57(35-39)72-55-29-14-10-24-45(55)49-33-31-47-43-22-8-12-27-53(43)70(60(47)62(49)72)41-19-5-2-6-20-41/h1-35H. The number of nitrogens with zero attached hydrogens (tertiary/aromatic N) is 6. The third-order valence-corrected chi connectivity index (χ3v) is 14.4. The van der Waals surface area contributed by atoms with Gasteiger partial charge >= 0.3 is 6.18 Å². The molecule has 0 atom stereocenters. The van der Waals surface area contributed by atoms with Crippen molar-refractivity contribution in [1.82, 2.24) is 18.3 Å². The van der Waals surface area contributed by atoms with Crippen molar-refractivity contribution < 1.29 is 13.2 Å². The fourth-order valence-electron chi connectivity index (χ4n) is 11.6. The molecule has 0 radical (unpaired) electrons. The Balaban J connectivity index is 1.24. The van der Waals surface area contributed by atoms with E-state index in [0.717, 1.165) is 105 Å². The summed E-state index contributed by atoms with van der Waals surface area (Å²) in [5.74, 6) is 0. The highest BCUT2D eigenvalue weighted by Gasteiger charge is 2.36. The van der Waals surface area contributed by atoms with Crippen LogP contribution in [0.25, 0.3) is 121 Å². The average molecular weight is 933 g/mol. The van der Waals surface area contributed by atoms with E-state index in [1.54, 1.807) is 12.1 Å². The van der Waals surface area contributed by atoms with Gasteiger partial charge in [-0.3, -0.25) is 0 Å². The summed E-state index contributed by atoms with van der Waals surface area (Å²) in [5, 5.41) is 30.3. The molecule has 6 nitrogen and oxygen atoms in total.